The molecule has 10 N–H and O–H groups in total. The molecule has 12 nitrogen and oxygen atoms in total. The average molecular weight is 420 g/mol. The number of carboxylic acid groups (broad SMARTS) is 1. The van der Waals surface area contributed by atoms with Gasteiger partial charge < -0.3 is 38.3 Å². The Hall–Kier alpha value is -2.38. The third kappa shape index (κ3) is 10.7. The van der Waals surface area contributed by atoms with Gasteiger partial charge in [-0.25, -0.2) is 4.79 Å². The molecule has 0 aliphatic carbocycles. The number of nitrogens with two attached hydrogens (primary N) is 3. The number of carboxylic acids is 1. The zero-order chi connectivity index (χ0) is 21.7. The number of rotatable bonds is 14. The van der Waals surface area contributed by atoms with Crippen molar-refractivity contribution in [2.45, 2.75) is 43.8 Å². The highest BCUT2D eigenvalue weighted by Gasteiger charge is 2.25. The molecule has 3 unspecified atom stereocenters. The van der Waals surface area contributed by atoms with Crippen LogP contribution in [0.3, 0.4) is 0 Å². The molecule has 160 valence electrons. The number of thiol groups is 1. The molecular weight excluding hydrogens is 392 g/mol. The van der Waals surface area contributed by atoms with Crippen molar-refractivity contribution < 1.29 is 29.1 Å². The Labute approximate surface area is 167 Å². The molecule has 0 heterocycles. The van der Waals surface area contributed by atoms with Gasteiger partial charge in [-0.1, -0.05) is 0 Å². The van der Waals surface area contributed by atoms with E-state index in [4.69, 9.17) is 17.2 Å². The van der Waals surface area contributed by atoms with Gasteiger partial charge in [0.25, 0.3) is 0 Å². The van der Waals surface area contributed by atoms with Crippen LogP contribution in [0.1, 0.15) is 25.7 Å². The van der Waals surface area contributed by atoms with Crippen LogP contribution in [0.5, 0.6) is 0 Å². The normalized spacial score (nSPS) is 13.7. The van der Waals surface area contributed by atoms with Crippen LogP contribution in [-0.2, 0) is 24.0 Å². The van der Waals surface area contributed by atoms with E-state index in [0.29, 0.717) is 19.4 Å². The van der Waals surface area contributed by atoms with Crippen LogP contribution >= 0.6 is 12.6 Å². The van der Waals surface area contributed by atoms with Gasteiger partial charge in [0.2, 0.25) is 23.6 Å². The molecule has 0 aromatic rings. The fourth-order valence-electron chi connectivity index (χ4n) is 2.07. The molecule has 0 saturated carbocycles. The van der Waals surface area contributed by atoms with Gasteiger partial charge in [0.1, 0.15) is 12.1 Å². The second kappa shape index (κ2) is 13.7. The van der Waals surface area contributed by atoms with Crippen molar-refractivity contribution in [3.63, 3.8) is 0 Å². The molecule has 0 fully saturated rings. The summed E-state index contributed by atoms with van der Waals surface area (Å²) in [4.78, 5) is 57.7. The molecule has 0 saturated heterocycles. The van der Waals surface area contributed by atoms with E-state index in [9.17, 15) is 29.1 Å². The highest BCUT2D eigenvalue weighted by Crippen LogP contribution is 2.02. The molecule has 0 aliphatic rings. The summed E-state index contributed by atoms with van der Waals surface area (Å²) < 4.78 is 0. The summed E-state index contributed by atoms with van der Waals surface area (Å²) in [6.07, 6.45) is 0.947. The predicted molar refractivity (Wildman–Crippen MR) is 103 cm³/mol. The van der Waals surface area contributed by atoms with Gasteiger partial charge in [-0.3, -0.25) is 19.2 Å². The van der Waals surface area contributed by atoms with Gasteiger partial charge in [-0.05, 0) is 25.8 Å². The lowest BCUT2D eigenvalue weighted by atomic mass is 10.1. The molecule has 3 atom stereocenters. The fraction of sp³-hybridized carbons (Fsp3) is 0.667. The van der Waals surface area contributed by atoms with E-state index in [1.807, 2.05) is 0 Å². The Kier molecular flexibility index (Phi) is 12.6. The number of aliphatic carboxylic acids is 1. The lowest BCUT2D eigenvalue weighted by molar-refractivity contribution is -0.142. The Morgan fingerprint density at radius 1 is 1.00 bits per heavy atom. The molecule has 0 spiro atoms. The summed E-state index contributed by atoms with van der Waals surface area (Å²) in [6, 6.07) is -3.42. The summed E-state index contributed by atoms with van der Waals surface area (Å²) >= 11 is 3.97. The molecule has 13 heteroatoms. The summed E-state index contributed by atoms with van der Waals surface area (Å²) in [7, 11) is 0. The Balaban J connectivity index is 4.57. The number of amides is 4. The second-order valence-corrected chi connectivity index (χ2v) is 6.35. The number of carbonyl (C=O) groups is 5. The quantitative estimate of drug-likeness (QED) is 0.103. The van der Waals surface area contributed by atoms with Gasteiger partial charge in [0.05, 0.1) is 19.0 Å². The van der Waals surface area contributed by atoms with Crippen LogP contribution < -0.4 is 33.2 Å². The summed E-state index contributed by atoms with van der Waals surface area (Å²) in [5.74, 6) is -4.26. The largest absolute Gasteiger partial charge is 0.480 e. The van der Waals surface area contributed by atoms with Gasteiger partial charge in [0.15, 0.2) is 0 Å². The Bertz CT molecular complexity index is 575. The zero-order valence-electron chi connectivity index (χ0n) is 15.3. The monoisotopic (exact) mass is 420 g/mol. The molecule has 0 rings (SSSR count). The van der Waals surface area contributed by atoms with E-state index in [0.717, 1.165) is 0 Å². The second-order valence-electron chi connectivity index (χ2n) is 5.98. The van der Waals surface area contributed by atoms with Gasteiger partial charge in [-0.15, -0.1) is 0 Å². The highest BCUT2D eigenvalue weighted by molar-refractivity contribution is 7.80. The summed E-state index contributed by atoms with van der Waals surface area (Å²) in [5, 5.41) is 16.0. The van der Waals surface area contributed by atoms with Gasteiger partial charge >= 0.3 is 5.97 Å². The predicted octanol–water partition coefficient (Wildman–Crippen LogP) is -3.58. The minimum atomic E-state index is -1.20. The van der Waals surface area contributed by atoms with E-state index < -0.39 is 54.3 Å². The maximum absolute atomic E-state index is 12.2. The van der Waals surface area contributed by atoms with E-state index in [1.54, 1.807) is 0 Å². The number of carbonyl (C=O) groups excluding carboxylic acids is 4. The third-order valence-electron chi connectivity index (χ3n) is 3.58. The van der Waals surface area contributed by atoms with Crippen LogP contribution in [0.2, 0.25) is 0 Å². The molecular formula is C15H28N6O6S. The lowest BCUT2D eigenvalue weighted by Gasteiger charge is -2.20. The van der Waals surface area contributed by atoms with Crippen molar-refractivity contribution >= 4 is 42.2 Å². The molecule has 28 heavy (non-hydrogen) atoms. The first kappa shape index (κ1) is 25.6. The van der Waals surface area contributed by atoms with Crippen molar-refractivity contribution in [3.8, 4) is 0 Å². The Morgan fingerprint density at radius 2 is 1.64 bits per heavy atom. The minimum Gasteiger partial charge on any atom is -0.480 e. The molecule has 0 aliphatic heterocycles. The van der Waals surface area contributed by atoms with Gasteiger partial charge in [-0.2, -0.15) is 12.6 Å². The van der Waals surface area contributed by atoms with Crippen molar-refractivity contribution in [2.24, 2.45) is 17.2 Å². The number of hydrogen-bond donors (Lipinski definition) is 8. The first-order valence-electron chi connectivity index (χ1n) is 8.57. The topological polar surface area (TPSA) is 220 Å². The zero-order valence-corrected chi connectivity index (χ0v) is 16.2. The standard InChI is InChI=1S/C15H28N6O6S/c16-4-2-1-3-9(15(26)27)21-14(25)10(7-28)20-12(23)6-19-13(24)8(17)5-11(18)22/h8-10,28H,1-7,16-17H2,(H2,18,22)(H,19,24)(H,20,23)(H,21,25)(H,26,27). The molecule has 0 radical (unpaired) electrons. The van der Waals surface area contributed by atoms with Crippen LogP contribution in [0.15, 0.2) is 0 Å². The van der Waals surface area contributed by atoms with Crippen molar-refractivity contribution in [3.05, 3.63) is 0 Å². The molecule has 0 bridgehead atoms. The van der Waals surface area contributed by atoms with Crippen molar-refractivity contribution in [1.29, 1.82) is 0 Å². The third-order valence-corrected chi connectivity index (χ3v) is 3.94. The van der Waals surface area contributed by atoms with Crippen LogP contribution in [0.25, 0.3) is 0 Å². The number of nitrogens with one attached hydrogen (secondary N) is 3. The maximum Gasteiger partial charge on any atom is 0.326 e. The number of primary amides is 1. The first-order valence-corrected chi connectivity index (χ1v) is 9.20. The van der Waals surface area contributed by atoms with Crippen molar-refractivity contribution in [2.75, 3.05) is 18.8 Å². The van der Waals surface area contributed by atoms with Crippen LogP contribution in [0.4, 0.5) is 0 Å². The summed E-state index contributed by atoms with van der Waals surface area (Å²) in [6.45, 7) is -0.0911. The summed E-state index contributed by atoms with van der Waals surface area (Å²) in [5.41, 5.74) is 15.7. The molecule has 0 aromatic heterocycles. The van der Waals surface area contributed by atoms with Crippen LogP contribution in [-0.4, -0.2) is 71.7 Å². The van der Waals surface area contributed by atoms with E-state index in [-0.39, 0.29) is 18.6 Å². The highest BCUT2D eigenvalue weighted by atomic mass is 32.1. The lowest BCUT2D eigenvalue weighted by Crippen LogP contribution is -2.54. The van der Waals surface area contributed by atoms with Crippen molar-refractivity contribution in [1.82, 2.24) is 16.0 Å². The van der Waals surface area contributed by atoms with Gasteiger partial charge in [0, 0.05) is 5.75 Å². The smallest absolute Gasteiger partial charge is 0.326 e. The SMILES string of the molecule is NCCCCC(NC(=O)C(CS)NC(=O)CNC(=O)C(N)CC(N)=O)C(=O)O. The van der Waals surface area contributed by atoms with E-state index >= 15 is 0 Å². The first-order chi connectivity index (χ1) is 13.1. The number of hydrogen-bond acceptors (Lipinski definition) is 8. The maximum atomic E-state index is 12.2. The molecule has 4 amide bonds. The minimum absolute atomic E-state index is 0.0954. The van der Waals surface area contributed by atoms with Crippen LogP contribution in [0, 0.1) is 0 Å². The number of unbranched alkanes of at least 4 members (excludes halogenated alkanes) is 1. The molecule has 0 aromatic carbocycles. The Morgan fingerprint density at radius 3 is 2.14 bits per heavy atom. The van der Waals surface area contributed by atoms with E-state index in [1.165, 1.54) is 0 Å². The average Bonchev–Trinajstić information content (AvgIpc) is 2.62. The fourth-order valence-corrected chi connectivity index (χ4v) is 2.33. The van der Waals surface area contributed by atoms with E-state index in [2.05, 4.69) is 28.6 Å².